The van der Waals surface area contributed by atoms with E-state index in [0.29, 0.717) is 17.7 Å². The molecule has 3 heterocycles. The first-order chi connectivity index (χ1) is 16.3. The first kappa shape index (κ1) is 22.5. The van der Waals surface area contributed by atoms with Crippen LogP contribution in [0.4, 0.5) is 5.82 Å². The van der Waals surface area contributed by atoms with Crippen LogP contribution >= 0.6 is 15.9 Å². The average Bonchev–Trinajstić information content (AvgIpc) is 3.15. The number of nitrogens with two attached hydrogens (primary N) is 1. The Hall–Kier alpha value is -3.31. The van der Waals surface area contributed by atoms with Crippen LogP contribution < -0.4 is 10.5 Å². The second-order valence-corrected chi connectivity index (χ2v) is 9.92. The molecule has 2 N–H and O–H groups in total. The van der Waals surface area contributed by atoms with Crippen LogP contribution in [-0.2, 0) is 4.79 Å². The summed E-state index contributed by atoms with van der Waals surface area (Å²) in [4.78, 5) is 22.6. The summed E-state index contributed by atoms with van der Waals surface area (Å²) in [6.45, 7) is 9.31. The van der Waals surface area contributed by atoms with Crippen LogP contribution in [0.1, 0.15) is 25.6 Å². The zero-order chi connectivity index (χ0) is 24.1. The molecule has 0 bridgehead atoms. The standard InChI is InChI=1S/C26H26BrN5O2/c1-5-22(33)31-11-17-16(18(17)12-31)7-9-20-23(15-6-8-19(27)21(10-15)34-4)24-25(28)29-13-30-26(24)32(20)14(2)3/h5-6,8,10,13-14,16-18H,1,11-12H2,2-4H3,(H2,28,29,30)/t16-,17-,18+. The fourth-order valence-corrected chi connectivity index (χ4v) is 5.49. The van der Waals surface area contributed by atoms with Gasteiger partial charge in [-0.2, -0.15) is 0 Å². The van der Waals surface area contributed by atoms with Crippen LogP contribution in [0.5, 0.6) is 5.75 Å². The summed E-state index contributed by atoms with van der Waals surface area (Å²) in [5.74, 6) is 9.28. The van der Waals surface area contributed by atoms with E-state index in [0.717, 1.165) is 51.2 Å². The normalized spacial score (nSPS) is 20.7. The number of methoxy groups -OCH3 is 1. The number of likely N-dealkylation sites (tertiary alicyclic amines) is 1. The third kappa shape index (κ3) is 3.55. The second kappa shape index (κ2) is 8.48. The van der Waals surface area contributed by atoms with Crippen LogP contribution in [0.2, 0.25) is 0 Å². The number of rotatable bonds is 4. The number of piperidine rings is 1. The molecule has 1 saturated heterocycles. The predicted molar refractivity (Wildman–Crippen MR) is 136 cm³/mol. The fraction of sp³-hybridized carbons (Fsp3) is 0.346. The monoisotopic (exact) mass is 519 g/mol. The minimum absolute atomic E-state index is 0.000588. The van der Waals surface area contributed by atoms with Gasteiger partial charge in [0.1, 0.15) is 29.2 Å². The molecule has 0 radical (unpaired) electrons. The van der Waals surface area contributed by atoms with E-state index in [-0.39, 0.29) is 17.9 Å². The van der Waals surface area contributed by atoms with Crippen molar-refractivity contribution in [3.05, 3.63) is 47.3 Å². The number of hydrogen-bond acceptors (Lipinski definition) is 5. The Morgan fingerprint density at radius 1 is 1.32 bits per heavy atom. The van der Waals surface area contributed by atoms with Crippen molar-refractivity contribution < 1.29 is 9.53 Å². The Morgan fingerprint density at radius 2 is 2.06 bits per heavy atom. The van der Waals surface area contributed by atoms with Gasteiger partial charge in [0, 0.05) is 30.6 Å². The van der Waals surface area contributed by atoms with E-state index < -0.39 is 0 Å². The number of ether oxygens (including phenoxy) is 1. The van der Waals surface area contributed by atoms with Gasteiger partial charge in [-0.05, 0) is 71.3 Å². The highest BCUT2D eigenvalue weighted by atomic mass is 79.9. The number of carbonyl (C=O) groups is 1. The molecule has 1 aliphatic carbocycles. The van der Waals surface area contributed by atoms with Gasteiger partial charge in [-0.25, -0.2) is 9.97 Å². The van der Waals surface area contributed by atoms with Crippen LogP contribution in [0.15, 0.2) is 41.7 Å². The SMILES string of the molecule is C=CC(=O)N1C[C@@H]2[C@@H](C#Cc3c(-c4ccc(Br)c(OC)c4)c4c(N)ncnc4n3C(C)C)[C@@H]2C1. The van der Waals surface area contributed by atoms with E-state index in [2.05, 4.69) is 62.7 Å². The average molecular weight is 520 g/mol. The third-order valence-electron chi connectivity index (χ3n) is 6.81. The van der Waals surface area contributed by atoms with Crippen molar-refractivity contribution in [3.63, 3.8) is 0 Å². The van der Waals surface area contributed by atoms with Crippen LogP contribution in [0.25, 0.3) is 22.2 Å². The van der Waals surface area contributed by atoms with Crippen LogP contribution in [-0.4, -0.2) is 45.5 Å². The predicted octanol–water partition coefficient (Wildman–Crippen LogP) is 4.27. The second-order valence-electron chi connectivity index (χ2n) is 9.06. The molecule has 8 heteroatoms. The quantitative estimate of drug-likeness (QED) is 0.410. The molecule has 34 heavy (non-hydrogen) atoms. The minimum atomic E-state index is -0.000588. The third-order valence-corrected chi connectivity index (χ3v) is 7.46. The number of amides is 1. The number of aromatic nitrogens is 3. The van der Waals surface area contributed by atoms with Crippen molar-refractivity contribution in [3.8, 4) is 28.7 Å². The molecular weight excluding hydrogens is 494 g/mol. The lowest BCUT2D eigenvalue weighted by Gasteiger charge is -2.16. The zero-order valence-electron chi connectivity index (χ0n) is 19.4. The fourth-order valence-electron chi connectivity index (χ4n) is 5.08. The van der Waals surface area contributed by atoms with Crippen molar-refractivity contribution >= 4 is 38.7 Å². The summed E-state index contributed by atoms with van der Waals surface area (Å²) in [5.41, 5.74) is 9.86. The maximum Gasteiger partial charge on any atom is 0.245 e. The Kier molecular flexibility index (Phi) is 5.61. The first-order valence-corrected chi connectivity index (χ1v) is 12.1. The molecule has 174 valence electrons. The lowest BCUT2D eigenvalue weighted by atomic mass is 10.0. The van der Waals surface area contributed by atoms with Crippen LogP contribution in [0.3, 0.4) is 0 Å². The van der Waals surface area contributed by atoms with E-state index in [9.17, 15) is 4.79 Å². The first-order valence-electron chi connectivity index (χ1n) is 11.3. The van der Waals surface area contributed by atoms with Gasteiger partial charge in [-0.3, -0.25) is 4.79 Å². The van der Waals surface area contributed by atoms with E-state index in [1.165, 1.54) is 12.4 Å². The summed E-state index contributed by atoms with van der Waals surface area (Å²) in [7, 11) is 1.64. The Morgan fingerprint density at radius 3 is 2.71 bits per heavy atom. The summed E-state index contributed by atoms with van der Waals surface area (Å²) in [6.07, 6.45) is 2.88. The Balaban J connectivity index is 1.63. The van der Waals surface area contributed by atoms with E-state index >= 15 is 0 Å². The van der Waals surface area contributed by atoms with Crippen molar-refractivity contribution in [2.45, 2.75) is 19.9 Å². The molecule has 3 atom stereocenters. The van der Waals surface area contributed by atoms with Crippen LogP contribution in [0, 0.1) is 29.6 Å². The van der Waals surface area contributed by atoms with Gasteiger partial charge in [0.25, 0.3) is 0 Å². The number of halogens is 1. The van der Waals surface area contributed by atoms with Crippen molar-refractivity contribution in [2.75, 3.05) is 25.9 Å². The summed E-state index contributed by atoms with van der Waals surface area (Å²) in [6, 6.07) is 6.08. The number of fused-ring (bicyclic) bond motifs is 2. The van der Waals surface area contributed by atoms with Crippen molar-refractivity contribution in [2.24, 2.45) is 17.8 Å². The Bertz CT molecular complexity index is 1370. The summed E-state index contributed by atoms with van der Waals surface area (Å²) < 4.78 is 8.55. The molecule has 2 aromatic heterocycles. The molecular formula is C26H26BrN5O2. The molecule has 0 unspecified atom stereocenters. The number of nitrogen functional groups attached to an aromatic ring is 1. The van der Waals surface area contributed by atoms with Gasteiger partial charge in [0.2, 0.25) is 5.91 Å². The van der Waals surface area contributed by atoms with Crippen molar-refractivity contribution in [1.82, 2.24) is 19.4 Å². The van der Waals surface area contributed by atoms with Gasteiger partial charge < -0.3 is 19.9 Å². The number of nitrogens with zero attached hydrogens (tertiary/aromatic N) is 4. The molecule has 1 aliphatic heterocycles. The van der Waals surface area contributed by atoms with Gasteiger partial charge in [-0.15, -0.1) is 0 Å². The number of carbonyl (C=O) groups excluding carboxylic acids is 1. The van der Waals surface area contributed by atoms with E-state index in [1.807, 2.05) is 23.1 Å². The van der Waals surface area contributed by atoms with E-state index in [4.69, 9.17) is 10.5 Å². The zero-order valence-corrected chi connectivity index (χ0v) is 21.0. The smallest absolute Gasteiger partial charge is 0.245 e. The highest BCUT2D eigenvalue weighted by molar-refractivity contribution is 9.10. The minimum Gasteiger partial charge on any atom is -0.496 e. The molecule has 1 aromatic carbocycles. The number of hydrogen-bond donors (Lipinski definition) is 1. The van der Waals surface area contributed by atoms with Crippen molar-refractivity contribution in [1.29, 1.82) is 0 Å². The molecule has 1 saturated carbocycles. The lowest BCUT2D eigenvalue weighted by Crippen LogP contribution is -2.29. The molecule has 7 nitrogen and oxygen atoms in total. The lowest BCUT2D eigenvalue weighted by molar-refractivity contribution is -0.125. The number of benzene rings is 1. The van der Waals surface area contributed by atoms with Gasteiger partial charge >= 0.3 is 0 Å². The molecule has 2 aliphatic rings. The summed E-state index contributed by atoms with van der Waals surface area (Å²) >= 11 is 3.54. The topological polar surface area (TPSA) is 86.3 Å². The Labute approximate surface area is 207 Å². The highest BCUT2D eigenvalue weighted by Crippen LogP contribution is 2.51. The molecule has 0 spiro atoms. The molecule has 2 fully saturated rings. The summed E-state index contributed by atoms with van der Waals surface area (Å²) in [5, 5.41) is 0.795. The highest BCUT2D eigenvalue weighted by Gasteiger charge is 2.55. The molecule has 1 amide bonds. The number of anilines is 1. The maximum atomic E-state index is 11.9. The largest absolute Gasteiger partial charge is 0.496 e. The van der Waals surface area contributed by atoms with Gasteiger partial charge in [0.05, 0.1) is 17.0 Å². The molecule has 3 aromatic rings. The van der Waals surface area contributed by atoms with Gasteiger partial charge in [-0.1, -0.05) is 18.6 Å². The van der Waals surface area contributed by atoms with E-state index in [1.54, 1.807) is 7.11 Å². The maximum absolute atomic E-state index is 11.9. The van der Waals surface area contributed by atoms with Gasteiger partial charge in [0.15, 0.2) is 0 Å². The molecule has 5 rings (SSSR count).